The van der Waals surface area contributed by atoms with Crippen LogP contribution in [0.4, 0.5) is 0 Å². The SMILES string of the molecule is O=C1OCC(c2ccccc2)=C1[C@H](O)c1ccccc1. The van der Waals surface area contributed by atoms with Crippen molar-refractivity contribution in [1.29, 1.82) is 0 Å². The summed E-state index contributed by atoms with van der Waals surface area (Å²) in [6.07, 6.45) is -0.957. The molecule has 2 aromatic carbocycles. The lowest BCUT2D eigenvalue weighted by atomic mass is 9.94. The van der Waals surface area contributed by atoms with Gasteiger partial charge >= 0.3 is 5.97 Å². The van der Waals surface area contributed by atoms with Crippen molar-refractivity contribution in [2.45, 2.75) is 6.10 Å². The fourth-order valence-electron chi connectivity index (χ4n) is 2.37. The Labute approximate surface area is 117 Å². The van der Waals surface area contributed by atoms with Crippen LogP contribution in [0.5, 0.6) is 0 Å². The van der Waals surface area contributed by atoms with Crippen LogP contribution in [-0.4, -0.2) is 17.7 Å². The summed E-state index contributed by atoms with van der Waals surface area (Å²) in [5.41, 5.74) is 2.69. The van der Waals surface area contributed by atoms with Crippen LogP contribution in [0.1, 0.15) is 17.2 Å². The van der Waals surface area contributed by atoms with Gasteiger partial charge in [0, 0.05) is 5.57 Å². The minimum absolute atomic E-state index is 0.210. The lowest BCUT2D eigenvalue weighted by Gasteiger charge is -2.12. The van der Waals surface area contributed by atoms with E-state index in [4.69, 9.17) is 4.74 Å². The fourth-order valence-corrected chi connectivity index (χ4v) is 2.37. The van der Waals surface area contributed by atoms with Crippen LogP contribution in [0.3, 0.4) is 0 Å². The summed E-state index contributed by atoms with van der Waals surface area (Å²) in [5.74, 6) is -0.444. The molecule has 1 N–H and O–H groups in total. The van der Waals surface area contributed by atoms with Crippen molar-refractivity contribution in [2.24, 2.45) is 0 Å². The van der Waals surface area contributed by atoms with E-state index in [1.165, 1.54) is 0 Å². The van der Waals surface area contributed by atoms with Gasteiger partial charge in [-0.2, -0.15) is 0 Å². The third-order valence-corrected chi connectivity index (χ3v) is 3.40. The Kier molecular flexibility index (Phi) is 3.35. The van der Waals surface area contributed by atoms with E-state index in [9.17, 15) is 9.90 Å². The molecule has 1 aliphatic heterocycles. The number of cyclic esters (lactones) is 1. The van der Waals surface area contributed by atoms with E-state index < -0.39 is 12.1 Å². The first-order valence-electron chi connectivity index (χ1n) is 6.46. The van der Waals surface area contributed by atoms with E-state index in [-0.39, 0.29) is 6.61 Å². The molecular formula is C17H14O3. The predicted molar refractivity (Wildman–Crippen MR) is 75.7 cm³/mol. The Morgan fingerprint density at radius 1 is 0.950 bits per heavy atom. The maximum absolute atomic E-state index is 11.9. The summed E-state index contributed by atoms with van der Waals surface area (Å²) < 4.78 is 5.10. The average Bonchev–Trinajstić information content (AvgIpc) is 2.90. The summed E-state index contributed by atoms with van der Waals surface area (Å²) in [6.45, 7) is 0.210. The molecular weight excluding hydrogens is 252 g/mol. The van der Waals surface area contributed by atoms with E-state index in [0.717, 1.165) is 11.1 Å². The number of carbonyl (C=O) groups is 1. The molecule has 0 saturated heterocycles. The monoisotopic (exact) mass is 266 g/mol. The molecule has 3 heteroatoms. The number of benzene rings is 2. The topological polar surface area (TPSA) is 46.5 Å². The number of rotatable bonds is 3. The Morgan fingerprint density at radius 2 is 1.55 bits per heavy atom. The van der Waals surface area contributed by atoms with Crippen LogP contribution < -0.4 is 0 Å². The number of hydrogen-bond acceptors (Lipinski definition) is 3. The molecule has 0 aliphatic carbocycles. The van der Waals surface area contributed by atoms with Gasteiger partial charge in [0.15, 0.2) is 0 Å². The Hall–Kier alpha value is -2.39. The zero-order valence-electron chi connectivity index (χ0n) is 10.8. The van der Waals surface area contributed by atoms with Gasteiger partial charge < -0.3 is 9.84 Å². The molecule has 1 atom stereocenters. The van der Waals surface area contributed by atoms with Gasteiger partial charge in [0.1, 0.15) is 12.7 Å². The molecule has 0 fully saturated rings. The normalized spacial score (nSPS) is 16.1. The van der Waals surface area contributed by atoms with E-state index in [0.29, 0.717) is 11.1 Å². The molecule has 3 nitrogen and oxygen atoms in total. The maximum atomic E-state index is 11.9. The standard InChI is InChI=1S/C17H14O3/c18-16(13-9-5-2-6-10-13)15-14(11-20-17(15)19)12-7-3-1-4-8-12/h1-10,16,18H,11H2/t16-/m1/s1. The predicted octanol–water partition coefficient (Wildman–Crippen LogP) is 2.73. The van der Waals surface area contributed by atoms with Crippen molar-refractivity contribution in [3.63, 3.8) is 0 Å². The van der Waals surface area contributed by atoms with Gasteiger partial charge in [-0.05, 0) is 11.1 Å². The first-order valence-corrected chi connectivity index (χ1v) is 6.46. The number of aliphatic hydroxyl groups is 1. The summed E-state index contributed by atoms with van der Waals surface area (Å²) in [4.78, 5) is 11.9. The first kappa shape index (κ1) is 12.6. The van der Waals surface area contributed by atoms with Crippen molar-refractivity contribution in [1.82, 2.24) is 0 Å². The molecule has 0 aromatic heterocycles. The molecule has 0 saturated carbocycles. The molecule has 1 heterocycles. The number of hydrogen-bond donors (Lipinski definition) is 1. The van der Waals surface area contributed by atoms with Crippen LogP contribution in [0.25, 0.3) is 5.57 Å². The van der Waals surface area contributed by atoms with Crippen molar-refractivity contribution >= 4 is 11.5 Å². The van der Waals surface area contributed by atoms with Gasteiger partial charge in [0.25, 0.3) is 0 Å². The molecule has 100 valence electrons. The van der Waals surface area contributed by atoms with Gasteiger partial charge in [-0.25, -0.2) is 4.79 Å². The molecule has 20 heavy (non-hydrogen) atoms. The summed E-state index contributed by atoms with van der Waals surface area (Å²) in [6, 6.07) is 18.7. The largest absolute Gasteiger partial charge is 0.457 e. The fraction of sp³-hybridized carbons (Fsp3) is 0.118. The van der Waals surface area contributed by atoms with Crippen LogP contribution in [0.15, 0.2) is 66.2 Å². The molecule has 0 bridgehead atoms. The Balaban J connectivity index is 2.06. The highest BCUT2D eigenvalue weighted by Crippen LogP contribution is 2.34. The molecule has 0 spiro atoms. The molecule has 3 rings (SSSR count). The lowest BCUT2D eigenvalue weighted by molar-refractivity contribution is -0.136. The Bertz CT molecular complexity index is 644. The average molecular weight is 266 g/mol. The van der Waals surface area contributed by atoms with Gasteiger partial charge in [0.05, 0.1) is 5.57 Å². The second-order valence-corrected chi connectivity index (χ2v) is 4.65. The number of ether oxygens (including phenoxy) is 1. The summed E-state index contributed by atoms with van der Waals surface area (Å²) >= 11 is 0. The minimum Gasteiger partial charge on any atom is -0.457 e. The Morgan fingerprint density at radius 3 is 2.20 bits per heavy atom. The molecule has 0 unspecified atom stereocenters. The highest BCUT2D eigenvalue weighted by atomic mass is 16.5. The highest BCUT2D eigenvalue weighted by Gasteiger charge is 2.31. The van der Waals surface area contributed by atoms with Gasteiger partial charge in [-0.3, -0.25) is 0 Å². The zero-order valence-corrected chi connectivity index (χ0v) is 10.8. The molecule has 2 aromatic rings. The van der Waals surface area contributed by atoms with Gasteiger partial charge in [0.2, 0.25) is 0 Å². The highest BCUT2D eigenvalue weighted by molar-refractivity contribution is 6.02. The minimum atomic E-state index is -0.957. The van der Waals surface area contributed by atoms with E-state index in [1.54, 1.807) is 12.1 Å². The third kappa shape index (κ3) is 2.24. The van der Waals surface area contributed by atoms with E-state index >= 15 is 0 Å². The quantitative estimate of drug-likeness (QED) is 0.869. The second-order valence-electron chi connectivity index (χ2n) is 4.65. The number of carbonyl (C=O) groups excluding carboxylic acids is 1. The molecule has 1 aliphatic rings. The zero-order chi connectivity index (χ0) is 13.9. The van der Waals surface area contributed by atoms with Crippen LogP contribution >= 0.6 is 0 Å². The smallest absolute Gasteiger partial charge is 0.337 e. The van der Waals surface area contributed by atoms with Gasteiger partial charge in [-0.1, -0.05) is 60.7 Å². The molecule has 0 radical (unpaired) electrons. The van der Waals surface area contributed by atoms with Crippen molar-refractivity contribution in [3.05, 3.63) is 77.4 Å². The van der Waals surface area contributed by atoms with Crippen molar-refractivity contribution < 1.29 is 14.6 Å². The summed E-state index contributed by atoms with van der Waals surface area (Å²) in [7, 11) is 0. The number of aliphatic hydroxyl groups excluding tert-OH is 1. The van der Waals surface area contributed by atoms with Gasteiger partial charge in [-0.15, -0.1) is 0 Å². The molecule has 0 amide bonds. The third-order valence-electron chi connectivity index (χ3n) is 3.40. The van der Waals surface area contributed by atoms with Crippen LogP contribution in [0.2, 0.25) is 0 Å². The van der Waals surface area contributed by atoms with E-state index in [2.05, 4.69) is 0 Å². The summed E-state index contributed by atoms with van der Waals surface area (Å²) in [5, 5.41) is 10.5. The maximum Gasteiger partial charge on any atom is 0.337 e. The first-order chi connectivity index (χ1) is 9.77. The number of esters is 1. The van der Waals surface area contributed by atoms with Crippen molar-refractivity contribution in [3.8, 4) is 0 Å². The van der Waals surface area contributed by atoms with E-state index in [1.807, 2.05) is 48.5 Å². The second kappa shape index (κ2) is 5.31. The van der Waals surface area contributed by atoms with Crippen molar-refractivity contribution in [2.75, 3.05) is 6.61 Å². The van der Waals surface area contributed by atoms with Crippen LogP contribution in [-0.2, 0) is 9.53 Å². The van der Waals surface area contributed by atoms with Crippen LogP contribution in [0, 0.1) is 0 Å². The lowest BCUT2D eigenvalue weighted by Crippen LogP contribution is -2.09.